The van der Waals surface area contributed by atoms with Crippen molar-refractivity contribution in [1.82, 2.24) is 5.32 Å². The summed E-state index contributed by atoms with van der Waals surface area (Å²) in [5.74, 6) is -0.948. The number of thioether (sulfide) groups is 1. The van der Waals surface area contributed by atoms with E-state index in [-0.39, 0.29) is 22.9 Å². The summed E-state index contributed by atoms with van der Waals surface area (Å²) < 4.78 is 0. The van der Waals surface area contributed by atoms with Crippen LogP contribution in [0.15, 0.2) is 53.4 Å². The van der Waals surface area contributed by atoms with Crippen molar-refractivity contribution in [2.24, 2.45) is 5.73 Å². The third-order valence-corrected chi connectivity index (χ3v) is 4.19. The van der Waals surface area contributed by atoms with Gasteiger partial charge in [0.2, 0.25) is 11.8 Å². The average Bonchev–Trinajstić information content (AvgIpc) is 2.58. The van der Waals surface area contributed by atoms with Crippen LogP contribution >= 0.6 is 11.8 Å². The molecule has 0 aliphatic carbocycles. The maximum Gasteiger partial charge on any atom is 0.283 e. The molecule has 0 fully saturated rings. The van der Waals surface area contributed by atoms with Gasteiger partial charge in [-0.05, 0) is 17.7 Å². The highest BCUT2D eigenvalue weighted by Gasteiger charge is 2.17. The van der Waals surface area contributed by atoms with Crippen LogP contribution in [0.2, 0.25) is 0 Å². The summed E-state index contributed by atoms with van der Waals surface area (Å²) in [7, 11) is 0. The van der Waals surface area contributed by atoms with Gasteiger partial charge in [-0.15, -0.1) is 11.8 Å². The number of nitrogens with one attached hydrogen (secondary N) is 1. The predicted octanol–water partition coefficient (Wildman–Crippen LogP) is 2.10. The molecule has 24 heavy (non-hydrogen) atoms. The number of nitrogens with zero attached hydrogens (tertiary/aromatic N) is 1. The molecule has 0 aromatic heterocycles. The fourth-order valence-electron chi connectivity index (χ4n) is 1.93. The van der Waals surface area contributed by atoms with E-state index in [4.69, 9.17) is 5.73 Å². The number of carbonyl (C=O) groups excluding carboxylic acids is 2. The third-order valence-electron chi connectivity index (χ3n) is 3.13. The Bertz CT molecular complexity index is 765. The van der Waals surface area contributed by atoms with Crippen LogP contribution in [-0.2, 0) is 11.3 Å². The molecule has 0 aliphatic rings. The number of nitrogens with two attached hydrogens (primary N) is 1. The van der Waals surface area contributed by atoms with Crippen LogP contribution in [0.5, 0.6) is 0 Å². The lowest BCUT2D eigenvalue weighted by atomic mass is 10.2. The second kappa shape index (κ2) is 8.11. The molecular weight excluding hydrogens is 330 g/mol. The summed E-state index contributed by atoms with van der Waals surface area (Å²) in [6.45, 7) is 0.392. The SMILES string of the molecule is NC(=O)c1ccc(SCC(=O)NCc2ccccc2)c([N+](=O)[O-])c1. The fraction of sp³-hybridized carbons (Fsp3) is 0.125. The molecule has 0 heterocycles. The number of amides is 2. The molecule has 0 bridgehead atoms. The van der Waals surface area contributed by atoms with Gasteiger partial charge in [0.05, 0.1) is 15.6 Å². The summed E-state index contributed by atoms with van der Waals surface area (Å²) in [5, 5.41) is 13.8. The van der Waals surface area contributed by atoms with Crippen molar-refractivity contribution < 1.29 is 14.5 Å². The quantitative estimate of drug-likeness (QED) is 0.453. The largest absolute Gasteiger partial charge is 0.366 e. The summed E-state index contributed by atoms with van der Waals surface area (Å²) in [6, 6.07) is 13.4. The van der Waals surface area contributed by atoms with Gasteiger partial charge in [0.25, 0.3) is 5.69 Å². The number of carbonyl (C=O) groups is 2. The Morgan fingerprint density at radius 1 is 1.17 bits per heavy atom. The number of benzene rings is 2. The van der Waals surface area contributed by atoms with E-state index < -0.39 is 10.8 Å². The van der Waals surface area contributed by atoms with Crippen LogP contribution in [-0.4, -0.2) is 22.5 Å². The monoisotopic (exact) mass is 345 g/mol. The molecule has 2 aromatic carbocycles. The number of nitro groups is 1. The van der Waals surface area contributed by atoms with E-state index in [1.165, 1.54) is 12.1 Å². The first-order valence-electron chi connectivity index (χ1n) is 6.99. The maximum atomic E-state index is 11.9. The van der Waals surface area contributed by atoms with Crippen LogP contribution < -0.4 is 11.1 Å². The minimum Gasteiger partial charge on any atom is -0.366 e. The molecule has 0 atom stereocenters. The average molecular weight is 345 g/mol. The lowest BCUT2D eigenvalue weighted by Crippen LogP contribution is -2.24. The van der Waals surface area contributed by atoms with Crippen LogP contribution in [0.4, 0.5) is 5.69 Å². The summed E-state index contributed by atoms with van der Waals surface area (Å²) in [4.78, 5) is 33.8. The smallest absolute Gasteiger partial charge is 0.283 e. The minimum atomic E-state index is -0.741. The molecule has 2 rings (SSSR count). The van der Waals surface area contributed by atoms with E-state index in [1.807, 2.05) is 30.3 Å². The van der Waals surface area contributed by atoms with Gasteiger partial charge >= 0.3 is 0 Å². The highest BCUT2D eigenvalue weighted by atomic mass is 32.2. The van der Waals surface area contributed by atoms with E-state index in [9.17, 15) is 19.7 Å². The first kappa shape index (κ1) is 17.5. The lowest BCUT2D eigenvalue weighted by Gasteiger charge is -2.06. The predicted molar refractivity (Wildman–Crippen MR) is 90.6 cm³/mol. The molecule has 124 valence electrons. The van der Waals surface area contributed by atoms with Gasteiger partial charge in [0, 0.05) is 18.2 Å². The van der Waals surface area contributed by atoms with Crippen molar-refractivity contribution >= 4 is 29.3 Å². The number of nitro benzene ring substituents is 1. The Labute approximate surface area is 142 Å². The Morgan fingerprint density at radius 2 is 1.88 bits per heavy atom. The van der Waals surface area contributed by atoms with Gasteiger partial charge in [0.1, 0.15) is 0 Å². The molecule has 2 amide bonds. The summed E-state index contributed by atoms with van der Waals surface area (Å²) in [6.07, 6.45) is 0. The standard InChI is InChI=1S/C16H15N3O4S/c17-16(21)12-6-7-14(13(8-12)19(22)23)24-10-15(20)18-9-11-4-2-1-3-5-11/h1-8H,9-10H2,(H2,17,21)(H,18,20). The Balaban J connectivity index is 1.97. The fourth-order valence-corrected chi connectivity index (χ4v) is 2.76. The number of hydrogen-bond acceptors (Lipinski definition) is 5. The van der Waals surface area contributed by atoms with Crippen LogP contribution in [0.3, 0.4) is 0 Å². The maximum absolute atomic E-state index is 11.9. The second-order valence-corrected chi connectivity index (χ2v) is 5.87. The highest BCUT2D eigenvalue weighted by molar-refractivity contribution is 8.00. The van der Waals surface area contributed by atoms with E-state index >= 15 is 0 Å². The van der Waals surface area contributed by atoms with Crippen molar-refractivity contribution in [2.75, 3.05) is 5.75 Å². The van der Waals surface area contributed by atoms with Crippen molar-refractivity contribution in [3.63, 3.8) is 0 Å². The van der Waals surface area contributed by atoms with Gasteiger partial charge in [-0.1, -0.05) is 30.3 Å². The topological polar surface area (TPSA) is 115 Å². The zero-order chi connectivity index (χ0) is 17.5. The van der Waals surface area contributed by atoms with Crippen molar-refractivity contribution in [2.45, 2.75) is 11.4 Å². The molecule has 7 nitrogen and oxygen atoms in total. The van der Waals surface area contributed by atoms with E-state index in [0.29, 0.717) is 11.4 Å². The van der Waals surface area contributed by atoms with Gasteiger partial charge in [0.15, 0.2) is 0 Å². The van der Waals surface area contributed by atoms with Gasteiger partial charge < -0.3 is 11.1 Å². The summed E-state index contributed by atoms with van der Waals surface area (Å²) in [5.41, 5.74) is 5.89. The molecule has 0 saturated carbocycles. The molecule has 0 saturated heterocycles. The van der Waals surface area contributed by atoms with Crippen LogP contribution in [0.1, 0.15) is 15.9 Å². The lowest BCUT2D eigenvalue weighted by molar-refractivity contribution is -0.387. The van der Waals surface area contributed by atoms with Crippen molar-refractivity contribution in [3.8, 4) is 0 Å². The normalized spacial score (nSPS) is 10.2. The van der Waals surface area contributed by atoms with Crippen LogP contribution in [0, 0.1) is 10.1 Å². The first-order chi connectivity index (χ1) is 11.5. The number of hydrogen-bond donors (Lipinski definition) is 2. The van der Waals surface area contributed by atoms with E-state index in [0.717, 1.165) is 23.4 Å². The third kappa shape index (κ3) is 4.82. The first-order valence-corrected chi connectivity index (χ1v) is 7.97. The summed E-state index contributed by atoms with van der Waals surface area (Å²) >= 11 is 1.03. The molecule has 0 aliphatic heterocycles. The number of rotatable bonds is 7. The van der Waals surface area contributed by atoms with Gasteiger partial charge in [-0.3, -0.25) is 19.7 Å². The Hall–Kier alpha value is -2.87. The second-order valence-electron chi connectivity index (χ2n) is 4.85. The molecular formula is C16H15N3O4S. The van der Waals surface area contributed by atoms with Crippen molar-refractivity contribution in [3.05, 3.63) is 69.8 Å². The van der Waals surface area contributed by atoms with E-state index in [1.54, 1.807) is 0 Å². The van der Waals surface area contributed by atoms with Crippen molar-refractivity contribution in [1.29, 1.82) is 0 Å². The molecule has 3 N–H and O–H groups in total. The highest BCUT2D eigenvalue weighted by Crippen LogP contribution is 2.29. The molecule has 0 spiro atoms. The minimum absolute atomic E-state index is 0.0313. The van der Waals surface area contributed by atoms with E-state index in [2.05, 4.69) is 5.32 Å². The van der Waals surface area contributed by atoms with Crippen LogP contribution in [0.25, 0.3) is 0 Å². The zero-order valence-corrected chi connectivity index (χ0v) is 13.4. The Morgan fingerprint density at radius 3 is 2.50 bits per heavy atom. The zero-order valence-electron chi connectivity index (χ0n) is 12.6. The number of primary amides is 1. The van der Waals surface area contributed by atoms with Gasteiger partial charge in [-0.2, -0.15) is 0 Å². The molecule has 2 aromatic rings. The Kier molecular flexibility index (Phi) is 5.91. The van der Waals surface area contributed by atoms with Gasteiger partial charge in [-0.25, -0.2) is 0 Å². The molecule has 0 radical (unpaired) electrons. The molecule has 8 heteroatoms. The molecule has 0 unspecified atom stereocenters.